The van der Waals surface area contributed by atoms with Gasteiger partial charge in [-0.15, -0.1) is 0 Å². The van der Waals surface area contributed by atoms with Crippen LogP contribution in [0.15, 0.2) is 24.3 Å². The zero-order valence-electron chi connectivity index (χ0n) is 11.3. The Morgan fingerprint density at radius 1 is 1.05 bits per heavy atom. The maximum atomic E-state index is 12.5. The monoisotopic (exact) mass is 261 g/mol. The Morgan fingerprint density at radius 3 is 2.00 bits per heavy atom. The second-order valence-corrected chi connectivity index (χ2v) is 5.22. The lowest BCUT2D eigenvalue weighted by Gasteiger charge is -2.39. The smallest absolute Gasteiger partial charge is 0.335 e. The van der Waals surface area contributed by atoms with Crippen molar-refractivity contribution in [2.75, 3.05) is 0 Å². The van der Waals surface area contributed by atoms with E-state index in [-0.39, 0.29) is 23.6 Å². The van der Waals surface area contributed by atoms with Gasteiger partial charge in [0.1, 0.15) is 0 Å². The van der Waals surface area contributed by atoms with Gasteiger partial charge in [0.05, 0.1) is 5.56 Å². The number of likely N-dealkylation sites (tertiary alicyclic amines) is 1. The number of piperidine rings is 1. The van der Waals surface area contributed by atoms with Crippen LogP contribution in [0.2, 0.25) is 0 Å². The number of rotatable bonds is 2. The van der Waals surface area contributed by atoms with E-state index in [1.54, 1.807) is 12.1 Å². The molecule has 1 N–H and O–H groups in total. The summed E-state index contributed by atoms with van der Waals surface area (Å²) in [4.78, 5) is 25.2. The van der Waals surface area contributed by atoms with E-state index < -0.39 is 5.97 Å². The summed E-state index contributed by atoms with van der Waals surface area (Å²) in [5.41, 5.74) is 0.766. The molecule has 1 saturated heterocycles. The molecular weight excluding hydrogens is 242 g/mol. The number of amides is 1. The summed E-state index contributed by atoms with van der Waals surface area (Å²) >= 11 is 0. The third-order valence-electron chi connectivity index (χ3n) is 3.81. The first kappa shape index (κ1) is 13.6. The summed E-state index contributed by atoms with van der Waals surface area (Å²) in [5, 5.41) is 8.85. The van der Waals surface area contributed by atoms with Crippen LogP contribution in [0.1, 0.15) is 53.8 Å². The van der Waals surface area contributed by atoms with Gasteiger partial charge in [0.15, 0.2) is 0 Å². The maximum Gasteiger partial charge on any atom is 0.335 e. The van der Waals surface area contributed by atoms with Gasteiger partial charge < -0.3 is 10.0 Å². The number of hydrogen-bond acceptors (Lipinski definition) is 2. The van der Waals surface area contributed by atoms with Crippen molar-refractivity contribution in [3.63, 3.8) is 0 Å². The summed E-state index contributed by atoms with van der Waals surface area (Å²) in [6, 6.07) is 6.65. The lowest BCUT2D eigenvalue weighted by molar-refractivity contribution is 0.0509. The van der Waals surface area contributed by atoms with Crippen molar-refractivity contribution in [1.29, 1.82) is 0 Å². The minimum atomic E-state index is -0.973. The molecule has 1 heterocycles. The predicted molar refractivity (Wildman–Crippen MR) is 72.3 cm³/mol. The summed E-state index contributed by atoms with van der Waals surface area (Å²) in [6.07, 6.45) is 3.22. The summed E-state index contributed by atoms with van der Waals surface area (Å²) in [6.45, 7) is 4.14. The quantitative estimate of drug-likeness (QED) is 0.890. The minimum absolute atomic E-state index is 0.00311. The fourth-order valence-corrected chi connectivity index (χ4v) is 2.73. The molecule has 0 spiro atoms. The minimum Gasteiger partial charge on any atom is -0.478 e. The van der Waals surface area contributed by atoms with Gasteiger partial charge in [0.25, 0.3) is 5.91 Å². The van der Waals surface area contributed by atoms with E-state index in [9.17, 15) is 9.59 Å². The zero-order valence-corrected chi connectivity index (χ0v) is 11.3. The molecule has 2 atom stereocenters. The largest absolute Gasteiger partial charge is 0.478 e. The van der Waals surface area contributed by atoms with Crippen molar-refractivity contribution in [2.45, 2.75) is 45.2 Å². The van der Waals surface area contributed by atoms with Gasteiger partial charge >= 0.3 is 5.97 Å². The fraction of sp³-hybridized carbons (Fsp3) is 0.467. The van der Waals surface area contributed by atoms with Gasteiger partial charge in [-0.05, 0) is 57.4 Å². The van der Waals surface area contributed by atoms with Crippen molar-refractivity contribution in [3.05, 3.63) is 35.4 Å². The molecule has 2 rings (SSSR count). The molecule has 1 aromatic carbocycles. The predicted octanol–water partition coefficient (Wildman–Crippen LogP) is 2.79. The van der Waals surface area contributed by atoms with Gasteiger partial charge in [0.2, 0.25) is 0 Å². The molecule has 0 bridgehead atoms. The highest BCUT2D eigenvalue weighted by Gasteiger charge is 2.29. The summed E-state index contributed by atoms with van der Waals surface area (Å²) in [5.74, 6) is -0.977. The third kappa shape index (κ3) is 2.78. The van der Waals surface area contributed by atoms with Crippen molar-refractivity contribution >= 4 is 11.9 Å². The number of carboxylic acids is 1. The number of nitrogens with zero attached hydrogens (tertiary/aromatic N) is 1. The summed E-state index contributed by atoms with van der Waals surface area (Å²) in [7, 11) is 0. The second-order valence-electron chi connectivity index (χ2n) is 5.22. The van der Waals surface area contributed by atoms with Crippen LogP contribution < -0.4 is 0 Å². The first-order chi connectivity index (χ1) is 9.00. The Hall–Kier alpha value is -1.84. The molecule has 102 valence electrons. The number of aromatic carboxylic acids is 1. The molecule has 1 aromatic rings. The van der Waals surface area contributed by atoms with E-state index in [1.807, 2.05) is 4.90 Å². The van der Waals surface area contributed by atoms with E-state index >= 15 is 0 Å². The third-order valence-corrected chi connectivity index (χ3v) is 3.81. The molecular formula is C15H19NO3. The molecule has 1 fully saturated rings. The number of benzene rings is 1. The average Bonchev–Trinajstić information content (AvgIpc) is 2.38. The van der Waals surface area contributed by atoms with Crippen LogP contribution >= 0.6 is 0 Å². The van der Waals surface area contributed by atoms with E-state index in [0.717, 1.165) is 19.3 Å². The lowest BCUT2D eigenvalue weighted by Crippen LogP contribution is -2.47. The second kappa shape index (κ2) is 5.43. The summed E-state index contributed by atoms with van der Waals surface area (Å²) < 4.78 is 0. The van der Waals surface area contributed by atoms with Gasteiger partial charge in [-0.1, -0.05) is 0 Å². The van der Waals surface area contributed by atoms with Gasteiger partial charge in [-0.2, -0.15) is 0 Å². The van der Waals surface area contributed by atoms with E-state index in [2.05, 4.69) is 13.8 Å². The molecule has 0 saturated carbocycles. The molecule has 1 aliphatic heterocycles. The highest BCUT2D eigenvalue weighted by atomic mass is 16.4. The van der Waals surface area contributed by atoms with Crippen molar-refractivity contribution in [1.82, 2.24) is 4.90 Å². The Balaban J connectivity index is 2.20. The normalized spacial score (nSPS) is 23.2. The molecule has 4 nitrogen and oxygen atoms in total. The number of hydrogen-bond donors (Lipinski definition) is 1. The zero-order chi connectivity index (χ0) is 14.0. The number of carbonyl (C=O) groups excluding carboxylic acids is 1. The highest BCUT2D eigenvalue weighted by molar-refractivity contribution is 5.96. The first-order valence-corrected chi connectivity index (χ1v) is 6.66. The van der Waals surface area contributed by atoms with Crippen LogP contribution in [-0.4, -0.2) is 34.0 Å². The number of carbonyl (C=O) groups is 2. The molecule has 0 aliphatic carbocycles. The maximum absolute atomic E-state index is 12.5. The van der Waals surface area contributed by atoms with Gasteiger partial charge in [-0.25, -0.2) is 4.79 Å². The van der Waals surface area contributed by atoms with Crippen LogP contribution in [0.3, 0.4) is 0 Å². The fourth-order valence-electron chi connectivity index (χ4n) is 2.73. The SMILES string of the molecule is C[C@@H]1CCC[C@@H](C)N1C(=O)c1ccc(C(=O)O)cc1. The molecule has 0 unspecified atom stereocenters. The van der Waals surface area contributed by atoms with Crippen molar-refractivity contribution in [3.8, 4) is 0 Å². The van der Waals surface area contributed by atoms with E-state index in [4.69, 9.17) is 5.11 Å². The topological polar surface area (TPSA) is 57.6 Å². The van der Waals surface area contributed by atoms with Crippen LogP contribution in [0, 0.1) is 0 Å². The lowest BCUT2D eigenvalue weighted by atomic mass is 9.96. The highest BCUT2D eigenvalue weighted by Crippen LogP contribution is 2.24. The Labute approximate surface area is 113 Å². The van der Waals surface area contributed by atoms with Crippen LogP contribution in [0.4, 0.5) is 0 Å². The molecule has 0 radical (unpaired) electrons. The van der Waals surface area contributed by atoms with Crippen LogP contribution in [-0.2, 0) is 0 Å². The molecule has 1 aliphatic rings. The van der Waals surface area contributed by atoms with E-state index in [1.165, 1.54) is 12.1 Å². The van der Waals surface area contributed by atoms with Crippen molar-refractivity contribution in [2.24, 2.45) is 0 Å². The van der Waals surface area contributed by atoms with Crippen LogP contribution in [0.5, 0.6) is 0 Å². The molecule has 4 heteroatoms. The number of carboxylic acid groups (broad SMARTS) is 1. The Morgan fingerprint density at radius 2 is 1.53 bits per heavy atom. The van der Waals surface area contributed by atoms with Gasteiger partial charge in [0, 0.05) is 17.6 Å². The van der Waals surface area contributed by atoms with Crippen molar-refractivity contribution < 1.29 is 14.7 Å². The first-order valence-electron chi connectivity index (χ1n) is 6.66. The molecule has 1 amide bonds. The van der Waals surface area contributed by atoms with Crippen LogP contribution in [0.25, 0.3) is 0 Å². The standard InChI is InChI=1S/C15H19NO3/c1-10-4-3-5-11(2)16(10)14(17)12-6-8-13(9-7-12)15(18)19/h6-11H,3-5H2,1-2H3,(H,18,19)/t10-,11-/m1/s1. The Bertz CT molecular complexity index is 471. The molecule has 0 aromatic heterocycles. The Kier molecular flexibility index (Phi) is 3.88. The average molecular weight is 261 g/mol. The molecule has 19 heavy (non-hydrogen) atoms. The van der Waals surface area contributed by atoms with E-state index in [0.29, 0.717) is 5.56 Å². The van der Waals surface area contributed by atoms with Gasteiger partial charge in [-0.3, -0.25) is 4.79 Å².